The number of nitrogens with one attached hydrogen (secondary N) is 2. The van der Waals surface area contributed by atoms with Crippen molar-refractivity contribution in [2.75, 3.05) is 11.9 Å². The Labute approximate surface area is 132 Å². The first-order chi connectivity index (χ1) is 10.0. The second-order valence-electron chi connectivity index (χ2n) is 6.23. The van der Waals surface area contributed by atoms with E-state index in [4.69, 9.17) is 11.6 Å². The maximum Gasteiger partial charge on any atom is 0.228 e. The lowest BCUT2D eigenvalue weighted by Crippen LogP contribution is -2.23. The van der Waals surface area contributed by atoms with Gasteiger partial charge in [0.2, 0.25) is 5.91 Å². The van der Waals surface area contributed by atoms with Gasteiger partial charge in [-0.05, 0) is 48.9 Å². The van der Waals surface area contributed by atoms with E-state index in [1.54, 1.807) is 0 Å². The molecule has 1 aliphatic rings. The van der Waals surface area contributed by atoms with Crippen LogP contribution in [0.2, 0.25) is 5.02 Å². The molecule has 1 heterocycles. The molecule has 0 spiro atoms. The Kier molecular flexibility index (Phi) is 5.65. The van der Waals surface area contributed by atoms with Gasteiger partial charge in [0.25, 0.3) is 0 Å². The Morgan fingerprint density at radius 2 is 2.10 bits per heavy atom. The third-order valence-electron chi connectivity index (χ3n) is 3.90. The normalized spacial score (nSPS) is 15.2. The Bertz CT molecular complexity index is 514. The molecule has 116 valence electrons. The monoisotopic (exact) mass is 308 g/mol. The fraction of sp³-hybridized carbons (Fsp3) is 0.588. The van der Waals surface area contributed by atoms with Crippen LogP contribution < -0.4 is 10.6 Å². The van der Waals surface area contributed by atoms with Crippen LogP contribution in [0.3, 0.4) is 0 Å². The molecule has 21 heavy (non-hydrogen) atoms. The summed E-state index contributed by atoms with van der Waals surface area (Å²) in [5.74, 6) is 0.728. The predicted molar refractivity (Wildman–Crippen MR) is 88.9 cm³/mol. The Balaban J connectivity index is 2.22. The van der Waals surface area contributed by atoms with Gasteiger partial charge in [-0.1, -0.05) is 38.4 Å². The van der Waals surface area contributed by atoms with Crippen LogP contribution in [0.4, 0.5) is 5.69 Å². The minimum absolute atomic E-state index is 0.0541. The topological polar surface area (TPSA) is 41.1 Å². The van der Waals surface area contributed by atoms with E-state index < -0.39 is 0 Å². The average molecular weight is 309 g/mol. The van der Waals surface area contributed by atoms with Crippen LogP contribution in [0.25, 0.3) is 0 Å². The molecular formula is C17H25ClN2O. The Hall–Kier alpha value is -1.06. The van der Waals surface area contributed by atoms with Crippen LogP contribution in [0.5, 0.6) is 0 Å². The van der Waals surface area contributed by atoms with Gasteiger partial charge >= 0.3 is 0 Å². The molecule has 1 aromatic rings. The minimum atomic E-state index is 0.0541. The Morgan fingerprint density at radius 1 is 1.33 bits per heavy atom. The first kappa shape index (κ1) is 16.3. The molecule has 0 aromatic heterocycles. The zero-order valence-corrected chi connectivity index (χ0v) is 13.9. The van der Waals surface area contributed by atoms with Crippen molar-refractivity contribution in [3.8, 4) is 0 Å². The van der Waals surface area contributed by atoms with Crippen molar-refractivity contribution in [2.45, 2.75) is 52.5 Å². The molecule has 4 heteroatoms. The molecular weight excluding hydrogens is 284 g/mol. The van der Waals surface area contributed by atoms with Crippen LogP contribution in [0, 0.1) is 5.92 Å². The van der Waals surface area contributed by atoms with Crippen LogP contribution >= 0.6 is 11.6 Å². The summed E-state index contributed by atoms with van der Waals surface area (Å²) in [4.78, 5) is 11.5. The van der Waals surface area contributed by atoms with E-state index in [2.05, 4.69) is 37.5 Å². The van der Waals surface area contributed by atoms with Gasteiger partial charge in [0.15, 0.2) is 0 Å². The minimum Gasteiger partial charge on any atom is -0.325 e. The molecule has 0 fully saturated rings. The fourth-order valence-corrected chi connectivity index (χ4v) is 3.02. The lowest BCUT2D eigenvalue weighted by molar-refractivity contribution is -0.115. The second-order valence-corrected chi connectivity index (χ2v) is 6.64. The maximum atomic E-state index is 11.5. The van der Waals surface area contributed by atoms with Crippen molar-refractivity contribution in [3.05, 3.63) is 28.3 Å². The number of carbonyl (C=O) groups is 1. The van der Waals surface area contributed by atoms with Crippen LogP contribution in [-0.2, 0) is 11.2 Å². The molecule has 0 radical (unpaired) electrons. The fourth-order valence-electron chi connectivity index (χ4n) is 2.72. The summed E-state index contributed by atoms with van der Waals surface area (Å²) in [5, 5.41) is 7.19. The third-order valence-corrected chi connectivity index (χ3v) is 4.22. The molecule has 1 aliphatic heterocycles. The predicted octanol–water partition coefficient (Wildman–Crippen LogP) is 4.31. The number of amides is 1. The highest BCUT2D eigenvalue weighted by atomic mass is 35.5. The van der Waals surface area contributed by atoms with Gasteiger partial charge in [-0.15, -0.1) is 0 Å². The van der Waals surface area contributed by atoms with Crippen molar-refractivity contribution < 1.29 is 4.79 Å². The first-order valence-corrected chi connectivity index (χ1v) is 8.24. The Morgan fingerprint density at radius 3 is 2.76 bits per heavy atom. The summed E-state index contributed by atoms with van der Waals surface area (Å²) in [7, 11) is 0. The van der Waals surface area contributed by atoms with Crippen molar-refractivity contribution >= 4 is 23.2 Å². The van der Waals surface area contributed by atoms with E-state index in [0.29, 0.717) is 12.3 Å². The van der Waals surface area contributed by atoms with Crippen LogP contribution in [0.1, 0.15) is 57.2 Å². The zero-order valence-electron chi connectivity index (χ0n) is 13.1. The summed E-state index contributed by atoms with van der Waals surface area (Å²) in [5.41, 5.74) is 3.06. The van der Waals surface area contributed by atoms with Gasteiger partial charge < -0.3 is 10.6 Å². The maximum absolute atomic E-state index is 11.5. The van der Waals surface area contributed by atoms with Gasteiger partial charge in [-0.2, -0.15) is 0 Å². The van der Waals surface area contributed by atoms with E-state index in [1.165, 1.54) is 0 Å². The van der Waals surface area contributed by atoms with Crippen LogP contribution in [0.15, 0.2) is 12.1 Å². The second kappa shape index (κ2) is 7.28. The smallest absolute Gasteiger partial charge is 0.228 e. The summed E-state index contributed by atoms with van der Waals surface area (Å²) in [6.45, 7) is 7.63. The number of rotatable bonds is 7. The largest absolute Gasteiger partial charge is 0.325 e. The van der Waals surface area contributed by atoms with Crippen LogP contribution in [-0.4, -0.2) is 12.5 Å². The first-order valence-electron chi connectivity index (χ1n) is 7.86. The molecule has 3 nitrogen and oxygen atoms in total. The van der Waals surface area contributed by atoms with E-state index in [-0.39, 0.29) is 11.9 Å². The van der Waals surface area contributed by atoms with E-state index in [9.17, 15) is 4.79 Å². The molecule has 1 atom stereocenters. The number of hydrogen-bond acceptors (Lipinski definition) is 2. The van der Waals surface area contributed by atoms with Crippen molar-refractivity contribution in [1.82, 2.24) is 5.32 Å². The number of halogens is 1. The number of hydrogen-bond donors (Lipinski definition) is 2. The van der Waals surface area contributed by atoms with E-state index in [0.717, 1.165) is 47.6 Å². The summed E-state index contributed by atoms with van der Waals surface area (Å²) in [6.07, 6.45) is 3.79. The van der Waals surface area contributed by atoms with Crippen molar-refractivity contribution in [1.29, 1.82) is 0 Å². The molecule has 2 N–H and O–H groups in total. The van der Waals surface area contributed by atoms with E-state index in [1.807, 2.05) is 6.07 Å². The number of anilines is 1. The number of benzene rings is 1. The number of fused-ring (bicyclic) bond motifs is 1. The average Bonchev–Trinajstić information content (AvgIpc) is 2.77. The zero-order chi connectivity index (χ0) is 15.4. The van der Waals surface area contributed by atoms with Gasteiger partial charge in [0, 0.05) is 16.8 Å². The van der Waals surface area contributed by atoms with Gasteiger partial charge in [-0.25, -0.2) is 0 Å². The van der Waals surface area contributed by atoms with Gasteiger partial charge in [0.1, 0.15) is 0 Å². The van der Waals surface area contributed by atoms with Gasteiger partial charge in [0.05, 0.1) is 6.42 Å². The molecule has 0 bridgehead atoms. The molecule has 0 aliphatic carbocycles. The molecule has 0 saturated carbocycles. The summed E-state index contributed by atoms with van der Waals surface area (Å²) >= 11 is 6.45. The van der Waals surface area contributed by atoms with Crippen molar-refractivity contribution in [2.24, 2.45) is 5.92 Å². The van der Waals surface area contributed by atoms with E-state index >= 15 is 0 Å². The quantitative estimate of drug-likeness (QED) is 0.788. The SMILES string of the molecule is CCCNC(CCC(C)C)c1cc2c(cc1Cl)NC(=O)C2. The molecule has 2 rings (SSSR count). The highest BCUT2D eigenvalue weighted by Crippen LogP contribution is 2.34. The molecule has 0 saturated heterocycles. The highest BCUT2D eigenvalue weighted by molar-refractivity contribution is 6.32. The standard InChI is InChI=1S/C17H25ClN2O/c1-4-7-19-15(6-5-11(2)3)13-8-12-9-17(21)20-16(12)10-14(13)18/h8,10-11,15,19H,4-7,9H2,1-3H3,(H,20,21). The van der Waals surface area contributed by atoms with Crippen molar-refractivity contribution in [3.63, 3.8) is 0 Å². The summed E-state index contributed by atoms with van der Waals surface area (Å²) in [6, 6.07) is 4.26. The highest BCUT2D eigenvalue weighted by Gasteiger charge is 2.22. The molecule has 1 unspecified atom stereocenters. The summed E-state index contributed by atoms with van der Waals surface area (Å²) < 4.78 is 0. The lowest BCUT2D eigenvalue weighted by Gasteiger charge is -2.22. The van der Waals surface area contributed by atoms with Gasteiger partial charge in [-0.3, -0.25) is 4.79 Å². The molecule has 1 amide bonds. The lowest BCUT2D eigenvalue weighted by atomic mass is 9.95. The third kappa shape index (κ3) is 4.21. The number of carbonyl (C=O) groups excluding carboxylic acids is 1. The molecule has 1 aromatic carbocycles.